The van der Waals surface area contributed by atoms with Crippen LogP contribution < -0.4 is 9.47 Å². The third kappa shape index (κ3) is 4.01. The number of rotatable bonds is 8. The zero-order chi connectivity index (χ0) is 20.9. The van der Waals surface area contributed by atoms with Gasteiger partial charge in [-0.05, 0) is 46.2 Å². The van der Waals surface area contributed by atoms with E-state index in [4.69, 9.17) is 14.2 Å². The van der Waals surface area contributed by atoms with Crippen molar-refractivity contribution in [3.8, 4) is 11.5 Å². The molecule has 0 aliphatic carbocycles. The molecule has 0 radical (unpaired) electrons. The minimum Gasteiger partial charge on any atom is -0.497 e. The second kappa shape index (κ2) is 9.23. The lowest BCUT2D eigenvalue weighted by Crippen LogP contribution is -2.36. The summed E-state index contributed by atoms with van der Waals surface area (Å²) in [5.41, 5.74) is 3.69. The van der Waals surface area contributed by atoms with Crippen LogP contribution in [0.2, 0.25) is 0 Å². The maximum absolute atomic E-state index is 5.72. The summed E-state index contributed by atoms with van der Waals surface area (Å²) in [6, 6.07) is 14.2. The van der Waals surface area contributed by atoms with Crippen LogP contribution >= 0.6 is 0 Å². The summed E-state index contributed by atoms with van der Waals surface area (Å²) in [5, 5.41) is 12.6. The third-order valence-corrected chi connectivity index (χ3v) is 5.57. The molecule has 0 saturated carbocycles. The Morgan fingerprint density at radius 2 is 1.87 bits per heavy atom. The number of ether oxygens (including phenoxy) is 3. The van der Waals surface area contributed by atoms with Crippen LogP contribution in [0, 0.1) is 0 Å². The van der Waals surface area contributed by atoms with Gasteiger partial charge in [0.1, 0.15) is 17.5 Å². The SMILES string of the molecule is COCCn1nnnc1[C@H](c1cc(OC)ccc1OC)N1CCc2ccccc2C1. The molecule has 8 heteroatoms. The first-order valence-electron chi connectivity index (χ1n) is 10.0. The van der Waals surface area contributed by atoms with E-state index < -0.39 is 0 Å². The summed E-state index contributed by atoms with van der Waals surface area (Å²) in [4.78, 5) is 2.40. The number of methoxy groups -OCH3 is 3. The van der Waals surface area contributed by atoms with Gasteiger partial charge in [-0.3, -0.25) is 4.90 Å². The van der Waals surface area contributed by atoms with Gasteiger partial charge in [0, 0.05) is 25.8 Å². The number of hydrogen-bond donors (Lipinski definition) is 0. The fourth-order valence-electron chi connectivity index (χ4n) is 4.03. The molecule has 0 N–H and O–H groups in total. The minimum absolute atomic E-state index is 0.185. The molecular formula is C22H27N5O3. The Hall–Kier alpha value is -2.97. The molecule has 0 fully saturated rings. The lowest BCUT2D eigenvalue weighted by molar-refractivity contribution is 0.168. The van der Waals surface area contributed by atoms with Gasteiger partial charge in [-0.2, -0.15) is 0 Å². The summed E-state index contributed by atoms with van der Waals surface area (Å²) < 4.78 is 18.3. The Morgan fingerprint density at radius 1 is 1.03 bits per heavy atom. The van der Waals surface area contributed by atoms with Crippen molar-refractivity contribution in [3.05, 3.63) is 65.0 Å². The van der Waals surface area contributed by atoms with Crippen molar-refractivity contribution in [3.63, 3.8) is 0 Å². The van der Waals surface area contributed by atoms with Crippen molar-refractivity contribution in [1.82, 2.24) is 25.1 Å². The first-order valence-corrected chi connectivity index (χ1v) is 10.0. The lowest BCUT2D eigenvalue weighted by atomic mass is 9.95. The smallest absolute Gasteiger partial charge is 0.173 e. The highest BCUT2D eigenvalue weighted by Crippen LogP contribution is 2.38. The molecule has 8 nitrogen and oxygen atoms in total. The molecule has 2 heterocycles. The molecular weight excluding hydrogens is 382 g/mol. The predicted molar refractivity (Wildman–Crippen MR) is 112 cm³/mol. The van der Waals surface area contributed by atoms with Gasteiger partial charge in [-0.15, -0.1) is 5.10 Å². The maximum atomic E-state index is 5.72. The van der Waals surface area contributed by atoms with Crippen LogP contribution in [0.3, 0.4) is 0 Å². The zero-order valence-electron chi connectivity index (χ0n) is 17.6. The van der Waals surface area contributed by atoms with Gasteiger partial charge in [0.05, 0.1) is 27.4 Å². The van der Waals surface area contributed by atoms with E-state index in [9.17, 15) is 0 Å². The highest BCUT2D eigenvalue weighted by Gasteiger charge is 2.32. The van der Waals surface area contributed by atoms with Crippen molar-refractivity contribution in [2.24, 2.45) is 0 Å². The van der Waals surface area contributed by atoms with E-state index in [1.54, 1.807) is 21.3 Å². The molecule has 158 valence electrons. The quantitative estimate of drug-likeness (QED) is 0.566. The molecule has 1 atom stereocenters. The van der Waals surface area contributed by atoms with Gasteiger partial charge in [-0.1, -0.05) is 24.3 Å². The van der Waals surface area contributed by atoms with Gasteiger partial charge < -0.3 is 14.2 Å². The highest BCUT2D eigenvalue weighted by atomic mass is 16.5. The number of nitrogens with zero attached hydrogens (tertiary/aromatic N) is 5. The van der Waals surface area contributed by atoms with Crippen molar-refractivity contribution in [2.75, 3.05) is 34.5 Å². The first kappa shape index (κ1) is 20.3. The Kier molecular flexibility index (Phi) is 6.25. The second-order valence-corrected chi connectivity index (χ2v) is 7.25. The lowest BCUT2D eigenvalue weighted by Gasteiger charge is -2.35. The number of aromatic nitrogens is 4. The largest absolute Gasteiger partial charge is 0.497 e. The maximum Gasteiger partial charge on any atom is 0.173 e. The van der Waals surface area contributed by atoms with Crippen molar-refractivity contribution >= 4 is 0 Å². The van der Waals surface area contributed by atoms with Gasteiger partial charge in [0.2, 0.25) is 0 Å². The number of fused-ring (bicyclic) bond motifs is 1. The summed E-state index contributed by atoms with van der Waals surface area (Å²) >= 11 is 0. The van der Waals surface area contributed by atoms with Crippen LogP contribution in [-0.2, 0) is 24.2 Å². The molecule has 4 rings (SSSR count). The van der Waals surface area contributed by atoms with Crippen LogP contribution in [-0.4, -0.2) is 59.6 Å². The van der Waals surface area contributed by atoms with E-state index in [1.165, 1.54) is 11.1 Å². The molecule has 2 aromatic carbocycles. The average molecular weight is 409 g/mol. The van der Waals surface area contributed by atoms with Crippen molar-refractivity contribution < 1.29 is 14.2 Å². The van der Waals surface area contributed by atoms with Crippen LogP contribution in [0.15, 0.2) is 42.5 Å². The zero-order valence-corrected chi connectivity index (χ0v) is 17.6. The number of hydrogen-bond acceptors (Lipinski definition) is 7. The third-order valence-electron chi connectivity index (χ3n) is 5.57. The van der Waals surface area contributed by atoms with E-state index in [-0.39, 0.29) is 6.04 Å². The summed E-state index contributed by atoms with van der Waals surface area (Å²) in [6.45, 7) is 2.80. The molecule has 0 bridgehead atoms. The number of tetrazole rings is 1. The molecule has 0 amide bonds. The van der Waals surface area contributed by atoms with Crippen LogP contribution in [0.1, 0.15) is 28.6 Å². The Bertz CT molecular complexity index is 990. The Balaban J connectivity index is 1.80. The molecule has 0 spiro atoms. The van der Waals surface area contributed by atoms with Crippen molar-refractivity contribution in [2.45, 2.75) is 25.6 Å². The summed E-state index contributed by atoms with van der Waals surface area (Å²) in [7, 11) is 5.02. The van der Waals surface area contributed by atoms with Gasteiger partial charge >= 0.3 is 0 Å². The molecule has 1 aliphatic heterocycles. The predicted octanol–water partition coefficient (Wildman–Crippen LogP) is 2.48. The van der Waals surface area contributed by atoms with E-state index in [0.29, 0.717) is 13.2 Å². The fourth-order valence-corrected chi connectivity index (χ4v) is 4.03. The Labute approximate surface area is 176 Å². The molecule has 0 unspecified atom stereocenters. The van der Waals surface area contributed by atoms with Gasteiger partial charge in [-0.25, -0.2) is 4.68 Å². The number of benzene rings is 2. The molecule has 0 saturated heterocycles. The monoisotopic (exact) mass is 409 g/mol. The van der Waals surface area contributed by atoms with E-state index in [0.717, 1.165) is 42.4 Å². The Morgan fingerprint density at radius 3 is 2.63 bits per heavy atom. The standard InChI is InChI=1S/C22H27N5O3/c1-28-13-12-27-22(23-24-25-27)21(19-14-18(29-2)8-9-20(19)30-3)26-11-10-16-6-4-5-7-17(16)15-26/h4-9,14,21H,10-13,15H2,1-3H3/t21-/m0/s1. The van der Waals surface area contributed by atoms with Crippen LogP contribution in [0.5, 0.6) is 11.5 Å². The normalized spacial score (nSPS) is 14.9. The van der Waals surface area contributed by atoms with Crippen molar-refractivity contribution in [1.29, 1.82) is 0 Å². The topological polar surface area (TPSA) is 74.5 Å². The van der Waals surface area contributed by atoms with Gasteiger partial charge in [0.25, 0.3) is 0 Å². The summed E-state index contributed by atoms with van der Waals surface area (Å²) in [6.07, 6.45) is 0.971. The average Bonchev–Trinajstić information content (AvgIpc) is 3.25. The van der Waals surface area contributed by atoms with E-state index in [2.05, 4.69) is 44.7 Å². The van der Waals surface area contributed by atoms with E-state index in [1.807, 2.05) is 22.9 Å². The molecule has 1 aliphatic rings. The summed E-state index contributed by atoms with van der Waals surface area (Å²) in [5.74, 6) is 2.31. The molecule has 30 heavy (non-hydrogen) atoms. The van der Waals surface area contributed by atoms with Crippen LogP contribution in [0.4, 0.5) is 0 Å². The fraction of sp³-hybridized carbons (Fsp3) is 0.409. The second-order valence-electron chi connectivity index (χ2n) is 7.25. The minimum atomic E-state index is -0.185. The molecule has 1 aromatic heterocycles. The molecule has 3 aromatic rings. The highest BCUT2D eigenvalue weighted by molar-refractivity contribution is 5.45. The van der Waals surface area contributed by atoms with Gasteiger partial charge in [0.15, 0.2) is 5.82 Å². The van der Waals surface area contributed by atoms with E-state index >= 15 is 0 Å². The first-order chi connectivity index (χ1) is 14.7. The van der Waals surface area contributed by atoms with Crippen LogP contribution in [0.25, 0.3) is 0 Å².